The van der Waals surface area contributed by atoms with Crippen LogP contribution in [-0.4, -0.2) is 43.5 Å². The number of anilines is 1. The normalized spacial score (nSPS) is 15.6. The van der Waals surface area contributed by atoms with Gasteiger partial charge in [0.05, 0.1) is 13.7 Å². The summed E-state index contributed by atoms with van der Waals surface area (Å²) >= 11 is 0. The van der Waals surface area contributed by atoms with Gasteiger partial charge in [0.15, 0.2) is 0 Å². The molecule has 0 saturated carbocycles. The number of benzene rings is 1. The lowest BCUT2D eigenvalue weighted by molar-refractivity contribution is -0.121. The average molecular weight is 263 g/mol. The van der Waals surface area contributed by atoms with E-state index in [1.807, 2.05) is 0 Å². The molecule has 1 heterocycles. The Bertz CT molecular complexity index is 502. The largest absolute Gasteiger partial charge is 0.496 e. The van der Waals surface area contributed by atoms with Crippen molar-refractivity contribution in [2.45, 2.75) is 6.42 Å². The number of ether oxygens (including phenoxy) is 1. The van der Waals surface area contributed by atoms with Crippen molar-refractivity contribution in [3.63, 3.8) is 0 Å². The summed E-state index contributed by atoms with van der Waals surface area (Å²) < 4.78 is 5.17. The molecular weight excluding hydrogens is 246 g/mol. The van der Waals surface area contributed by atoms with Gasteiger partial charge in [0.2, 0.25) is 5.91 Å². The number of amides is 2. The lowest BCUT2D eigenvalue weighted by Crippen LogP contribution is -2.37. The number of rotatable bonds is 2. The van der Waals surface area contributed by atoms with Crippen molar-refractivity contribution >= 4 is 17.5 Å². The summed E-state index contributed by atoms with van der Waals surface area (Å²) in [6, 6.07) is 5.05. The van der Waals surface area contributed by atoms with Crippen molar-refractivity contribution in [3.8, 4) is 5.75 Å². The monoisotopic (exact) mass is 263 g/mol. The quantitative estimate of drug-likeness (QED) is 0.749. The van der Waals surface area contributed by atoms with Crippen LogP contribution >= 0.6 is 0 Å². The molecule has 0 unspecified atom stereocenters. The van der Waals surface area contributed by atoms with E-state index in [4.69, 9.17) is 10.5 Å². The Labute approximate surface area is 111 Å². The lowest BCUT2D eigenvalue weighted by atomic mass is 10.1. The molecule has 0 spiro atoms. The second kappa shape index (κ2) is 5.60. The molecule has 3 N–H and O–H groups in total. The van der Waals surface area contributed by atoms with E-state index >= 15 is 0 Å². The third-order valence-electron chi connectivity index (χ3n) is 3.04. The van der Waals surface area contributed by atoms with E-state index in [-0.39, 0.29) is 18.4 Å². The van der Waals surface area contributed by atoms with Crippen molar-refractivity contribution < 1.29 is 14.3 Å². The van der Waals surface area contributed by atoms with Crippen LogP contribution in [0.3, 0.4) is 0 Å². The molecule has 0 radical (unpaired) electrons. The number of nitrogens with zero attached hydrogens (tertiary/aromatic N) is 1. The lowest BCUT2D eigenvalue weighted by Gasteiger charge is -2.21. The van der Waals surface area contributed by atoms with E-state index in [9.17, 15) is 9.59 Å². The van der Waals surface area contributed by atoms with Crippen LogP contribution in [0, 0.1) is 0 Å². The number of methoxy groups -OCH3 is 1. The third kappa shape index (κ3) is 2.78. The Morgan fingerprint density at radius 2 is 2.26 bits per heavy atom. The molecule has 102 valence electrons. The Kier molecular flexibility index (Phi) is 3.89. The van der Waals surface area contributed by atoms with Crippen molar-refractivity contribution in [1.82, 2.24) is 10.2 Å². The molecule has 1 saturated heterocycles. The minimum atomic E-state index is -0.271. The fourth-order valence-electron chi connectivity index (χ4n) is 2.08. The van der Waals surface area contributed by atoms with Gasteiger partial charge < -0.3 is 20.7 Å². The molecular formula is C13H17N3O3. The Balaban J connectivity index is 2.30. The number of carbonyl (C=O) groups excluding carboxylic acids is 2. The summed E-state index contributed by atoms with van der Waals surface area (Å²) in [5.74, 6) is 0.000902. The minimum absolute atomic E-state index is 0.0519. The SMILES string of the molecule is COc1cccc(N)c1C(=O)N1CCCNC(=O)C1. The minimum Gasteiger partial charge on any atom is -0.496 e. The van der Waals surface area contributed by atoms with E-state index < -0.39 is 0 Å². The van der Waals surface area contributed by atoms with Crippen molar-refractivity contribution in [2.75, 3.05) is 32.5 Å². The molecule has 19 heavy (non-hydrogen) atoms. The summed E-state index contributed by atoms with van der Waals surface area (Å²) in [7, 11) is 1.49. The van der Waals surface area contributed by atoms with Gasteiger partial charge in [-0.3, -0.25) is 9.59 Å². The number of hydrogen-bond acceptors (Lipinski definition) is 4. The number of nitrogens with one attached hydrogen (secondary N) is 1. The predicted octanol–water partition coefficient (Wildman–Crippen LogP) is 0.240. The highest BCUT2D eigenvalue weighted by molar-refractivity contribution is 6.03. The molecule has 6 nitrogen and oxygen atoms in total. The maximum atomic E-state index is 12.5. The maximum absolute atomic E-state index is 12.5. The van der Waals surface area contributed by atoms with Crippen LogP contribution < -0.4 is 15.8 Å². The van der Waals surface area contributed by atoms with Gasteiger partial charge in [-0.15, -0.1) is 0 Å². The molecule has 0 aliphatic carbocycles. The molecule has 1 fully saturated rings. The fraction of sp³-hybridized carbons (Fsp3) is 0.385. The van der Waals surface area contributed by atoms with Gasteiger partial charge in [0, 0.05) is 18.8 Å². The van der Waals surface area contributed by atoms with Gasteiger partial charge in [-0.25, -0.2) is 0 Å². The topological polar surface area (TPSA) is 84.7 Å². The van der Waals surface area contributed by atoms with Crippen molar-refractivity contribution in [2.24, 2.45) is 0 Å². The van der Waals surface area contributed by atoms with E-state index in [2.05, 4.69) is 5.32 Å². The molecule has 1 aliphatic rings. The molecule has 0 bridgehead atoms. The first-order chi connectivity index (χ1) is 9.13. The van der Waals surface area contributed by atoms with Crippen LogP contribution in [0.15, 0.2) is 18.2 Å². The summed E-state index contributed by atoms with van der Waals surface area (Å²) in [6.45, 7) is 1.16. The molecule has 0 atom stereocenters. The van der Waals surface area contributed by atoms with Crippen molar-refractivity contribution in [3.05, 3.63) is 23.8 Å². The smallest absolute Gasteiger partial charge is 0.260 e. The molecule has 1 aromatic carbocycles. The number of nitrogens with two attached hydrogens (primary N) is 1. The van der Waals surface area contributed by atoms with Gasteiger partial charge in [-0.05, 0) is 18.6 Å². The number of carbonyl (C=O) groups is 2. The first-order valence-electron chi connectivity index (χ1n) is 6.12. The highest BCUT2D eigenvalue weighted by Crippen LogP contribution is 2.25. The van der Waals surface area contributed by atoms with E-state index in [0.29, 0.717) is 30.1 Å². The molecule has 1 aromatic rings. The Morgan fingerprint density at radius 3 is 3.00 bits per heavy atom. The van der Waals surface area contributed by atoms with E-state index in [1.165, 1.54) is 12.0 Å². The first kappa shape index (κ1) is 13.2. The van der Waals surface area contributed by atoms with Crippen LogP contribution in [-0.2, 0) is 4.79 Å². The predicted molar refractivity (Wildman–Crippen MR) is 70.9 cm³/mol. The second-order valence-corrected chi connectivity index (χ2v) is 4.35. The van der Waals surface area contributed by atoms with Gasteiger partial charge in [0.1, 0.15) is 11.3 Å². The number of hydrogen-bond donors (Lipinski definition) is 2. The van der Waals surface area contributed by atoms with Crippen LogP contribution in [0.25, 0.3) is 0 Å². The highest BCUT2D eigenvalue weighted by atomic mass is 16.5. The Morgan fingerprint density at radius 1 is 1.47 bits per heavy atom. The standard InChI is InChI=1S/C13H17N3O3/c1-19-10-5-2-4-9(14)12(10)13(18)16-7-3-6-15-11(17)8-16/h2,4-5H,3,6-8,14H2,1H3,(H,15,17). The summed E-state index contributed by atoms with van der Waals surface area (Å²) in [5, 5.41) is 2.73. The molecule has 1 aliphatic heterocycles. The molecule has 6 heteroatoms. The van der Waals surface area contributed by atoms with Gasteiger partial charge >= 0.3 is 0 Å². The molecule has 2 amide bonds. The molecule has 0 aromatic heterocycles. The van der Waals surface area contributed by atoms with E-state index in [1.54, 1.807) is 18.2 Å². The van der Waals surface area contributed by atoms with Crippen LogP contribution in [0.1, 0.15) is 16.8 Å². The molecule has 2 rings (SSSR count). The summed E-state index contributed by atoms with van der Waals surface area (Å²) in [4.78, 5) is 25.5. The van der Waals surface area contributed by atoms with Gasteiger partial charge in [-0.2, -0.15) is 0 Å². The third-order valence-corrected chi connectivity index (χ3v) is 3.04. The van der Waals surface area contributed by atoms with E-state index in [0.717, 1.165) is 6.42 Å². The fourth-order valence-corrected chi connectivity index (χ4v) is 2.08. The zero-order valence-electron chi connectivity index (χ0n) is 10.8. The second-order valence-electron chi connectivity index (χ2n) is 4.35. The maximum Gasteiger partial charge on any atom is 0.260 e. The number of nitrogen functional groups attached to an aromatic ring is 1. The zero-order valence-corrected chi connectivity index (χ0v) is 10.8. The van der Waals surface area contributed by atoms with Crippen LogP contribution in [0.5, 0.6) is 5.75 Å². The van der Waals surface area contributed by atoms with Crippen molar-refractivity contribution in [1.29, 1.82) is 0 Å². The average Bonchev–Trinajstić information content (AvgIpc) is 2.62. The highest BCUT2D eigenvalue weighted by Gasteiger charge is 2.25. The Hall–Kier alpha value is -2.24. The first-order valence-corrected chi connectivity index (χ1v) is 6.12. The van der Waals surface area contributed by atoms with Gasteiger partial charge in [0.25, 0.3) is 5.91 Å². The van der Waals surface area contributed by atoms with Crippen LogP contribution in [0.4, 0.5) is 5.69 Å². The van der Waals surface area contributed by atoms with Gasteiger partial charge in [-0.1, -0.05) is 6.07 Å². The van der Waals surface area contributed by atoms with Crippen LogP contribution in [0.2, 0.25) is 0 Å². The zero-order chi connectivity index (χ0) is 13.8. The summed E-state index contributed by atoms with van der Waals surface area (Å²) in [5.41, 5.74) is 6.52. The summed E-state index contributed by atoms with van der Waals surface area (Å²) in [6.07, 6.45) is 0.729.